The van der Waals surface area contributed by atoms with Crippen LogP contribution in [0.25, 0.3) is 0 Å². The fourth-order valence-electron chi connectivity index (χ4n) is 3.49. The summed E-state index contributed by atoms with van der Waals surface area (Å²) in [5, 5.41) is 12.8. The van der Waals surface area contributed by atoms with E-state index in [4.69, 9.17) is 16.7 Å². The summed E-state index contributed by atoms with van der Waals surface area (Å²) in [6, 6.07) is 2.98. The lowest BCUT2D eigenvalue weighted by Gasteiger charge is -2.32. The van der Waals surface area contributed by atoms with Crippen LogP contribution < -0.4 is 5.32 Å². The third-order valence-corrected chi connectivity index (χ3v) is 5.94. The van der Waals surface area contributed by atoms with E-state index in [1.165, 1.54) is 23.3 Å². The number of halogens is 1. The number of aliphatic carboxylic acids is 1. The van der Waals surface area contributed by atoms with Gasteiger partial charge in [0.1, 0.15) is 0 Å². The fraction of sp³-hybridized carbons (Fsp3) is 0.667. The topological polar surface area (TPSA) is 49.3 Å². The maximum Gasteiger partial charge on any atom is 0.306 e. The number of fused-ring (bicyclic) bond motifs is 1. The first kappa shape index (κ1) is 14.4. The van der Waals surface area contributed by atoms with E-state index in [0.29, 0.717) is 12.1 Å². The zero-order chi connectivity index (χ0) is 14.1. The second-order valence-corrected chi connectivity index (χ2v) is 7.70. The van der Waals surface area contributed by atoms with Gasteiger partial charge in [0.05, 0.1) is 10.3 Å². The zero-order valence-corrected chi connectivity index (χ0v) is 13.0. The van der Waals surface area contributed by atoms with Gasteiger partial charge in [-0.05, 0) is 56.6 Å². The van der Waals surface area contributed by atoms with E-state index < -0.39 is 5.97 Å². The Morgan fingerprint density at radius 3 is 2.75 bits per heavy atom. The van der Waals surface area contributed by atoms with E-state index in [1.807, 2.05) is 0 Å². The molecule has 0 amide bonds. The number of hydrogen-bond acceptors (Lipinski definition) is 3. The second-order valence-electron chi connectivity index (χ2n) is 5.93. The van der Waals surface area contributed by atoms with Gasteiger partial charge in [0, 0.05) is 17.0 Å². The maximum absolute atomic E-state index is 11.0. The molecular weight excluding hydrogens is 294 g/mol. The maximum atomic E-state index is 11.0. The van der Waals surface area contributed by atoms with Crippen LogP contribution in [0, 0.1) is 5.92 Å². The standard InChI is InChI=1S/C15H20ClNO2S/c16-14-8-11-12(2-1-3-13(11)20-14)17-10-6-4-9(5-7-10)15(18)19/h8-10,12,17H,1-7H2,(H,18,19). The van der Waals surface area contributed by atoms with Gasteiger partial charge in [-0.1, -0.05) is 11.6 Å². The molecule has 1 heterocycles. The van der Waals surface area contributed by atoms with Crippen LogP contribution in [-0.2, 0) is 11.2 Å². The van der Waals surface area contributed by atoms with Gasteiger partial charge in [-0.2, -0.15) is 0 Å². The molecule has 0 aliphatic heterocycles. The molecule has 1 atom stereocenters. The molecule has 0 radical (unpaired) electrons. The lowest BCUT2D eigenvalue weighted by Crippen LogP contribution is -2.38. The van der Waals surface area contributed by atoms with Crippen LogP contribution in [0.2, 0.25) is 4.34 Å². The first-order valence-corrected chi connectivity index (χ1v) is 8.60. The Hall–Kier alpha value is -0.580. The molecule has 5 heteroatoms. The molecule has 1 fully saturated rings. The van der Waals surface area contributed by atoms with Crippen molar-refractivity contribution in [3.63, 3.8) is 0 Å². The molecule has 1 aromatic rings. The van der Waals surface area contributed by atoms with Crippen molar-refractivity contribution >= 4 is 28.9 Å². The van der Waals surface area contributed by atoms with Crippen LogP contribution in [-0.4, -0.2) is 17.1 Å². The minimum Gasteiger partial charge on any atom is -0.481 e. The minimum absolute atomic E-state index is 0.134. The van der Waals surface area contributed by atoms with Crippen LogP contribution in [0.15, 0.2) is 6.07 Å². The summed E-state index contributed by atoms with van der Waals surface area (Å²) in [7, 11) is 0. The van der Waals surface area contributed by atoms with Crippen LogP contribution in [0.4, 0.5) is 0 Å². The molecule has 3 rings (SSSR count). The number of rotatable bonds is 3. The molecule has 1 saturated carbocycles. The largest absolute Gasteiger partial charge is 0.481 e. The van der Waals surface area contributed by atoms with E-state index in [2.05, 4.69) is 11.4 Å². The molecule has 2 aliphatic rings. The highest BCUT2D eigenvalue weighted by atomic mass is 35.5. The Kier molecular flexibility index (Phi) is 4.34. The van der Waals surface area contributed by atoms with E-state index in [1.54, 1.807) is 11.3 Å². The molecule has 0 spiro atoms. The number of hydrogen-bond donors (Lipinski definition) is 2. The van der Waals surface area contributed by atoms with Gasteiger partial charge in [0.25, 0.3) is 0 Å². The van der Waals surface area contributed by atoms with Gasteiger partial charge < -0.3 is 10.4 Å². The summed E-state index contributed by atoms with van der Waals surface area (Å²) in [6.07, 6.45) is 7.08. The first-order valence-electron chi connectivity index (χ1n) is 7.40. The van der Waals surface area contributed by atoms with E-state index >= 15 is 0 Å². The zero-order valence-electron chi connectivity index (χ0n) is 11.4. The summed E-state index contributed by atoms with van der Waals surface area (Å²) >= 11 is 7.85. The summed E-state index contributed by atoms with van der Waals surface area (Å²) < 4.78 is 0.887. The van der Waals surface area contributed by atoms with Crippen LogP contribution in [0.5, 0.6) is 0 Å². The predicted octanol–water partition coefficient (Wildman–Crippen LogP) is 4.01. The Labute approximate surface area is 128 Å². The van der Waals surface area contributed by atoms with Crippen LogP contribution >= 0.6 is 22.9 Å². The van der Waals surface area contributed by atoms with Crippen molar-refractivity contribution in [3.8, 4) is 0 Å². The monoisotopic (exact) mass is 313 g/mol. The van der Waals surface area contributed by atoms with Crippen molar-refractivity contribution in [2.75, 3.05) is 0 Å². The first-order chi connectivity index (χ1) is 9.63. The van der Waals surface area contributed by atoms with E-state index in [9.17, 15) is 4.79 Å². The smallest absolute Gasteiger partial charge is 0.306 e. The Morgan fingerprint density at radius 2 is 2.05 bits per heavy atom. The molecule has 110 valence electrons. The third-order valence-electron chi connectivity index (χ3n) is 4.60. The van der Waals surface area contributed by atoms with Gasteiger partial charge in [0.2, 0.25) is 0 Å². The highest BCUT2D eigenvalue weighted by molar-refractivity contribution is 7.16. The van der Waals surface area contributed by atoms with Gasteiger partial charge in [-0.3, -0.25) is 4.79 Å². The molecule has 2 aliphatic carbocycles. The highest BCUT2D eigenvalue weighted by Crippen LogP contribution is 2.38. The Morgan fingerprint density at radius 1 is 1.30 bits per heavy atom. The number of carboxylic acid groups (broad SMARTS) is 1. The van der Waals surface area contributed by atoms with Crippen molar-refractivity contribution in [1.82, 2.24) is 5.32 Å². The number of thiophene rings is 1. The van der Waals surface area contributed by atoms with Crippen molar-refractivity contribution < 1.29 is 9.90 Å². The van der Waals surface area contributed by atoms with Crippen LogP contribution in [0.3, 0.4) is 0 Å². The average molecular weight is 314 g/mol. The Bertz CT molecular complexity index is 494. The molecular formula is C15H20ClNO2S. The summed E-state index contributed by atoms with van der Waals surface area (Å²) in [5.41, 5.74) is 1.38. The van der Waals surface area contributed by atoms with Crippen molar-refractivity contribution in [2.45, 2.75) is 57.0 Å². The summed E-state index contributed by atoms with van der Waals surface area (Å²) in [5.74, 6) is -0.765. The predicted molar refractivity (Wildman–Crippen MR) is 81.5 cm³/mol. The lowest BCUT2D eigenvalue weighted by atomic mass is 9.84. The van der Waals surface area contributed by atoms with Gasteiger partial charge >= 0.3 is 5.97 Å². The van der Waals surface area contributed by atoms with Crippen molar-refractivity contribution in [2.24, 2.45) is 5.92 Å². The third kappa shape index (κ3) is 3.02. The van der Waals surface area contributed by atoms with E-state index in [-0.39, 0.29) is 5.92 Å². The quantitative estimate of drug-likeness (QED) is 0.886. The summed E-state index contributed by atoms with van der Waals surface area (Å²) in [4.78, 5) is 12.4. The highest BCUT2D eigenvalue weighted by Gasteiger charge is 2.29. The molecule has 0 bridgehead atoms. The van der Waals surface area contributed by atoms with Gasteiger partial charge in [-0.15, -0.1) is 11.3 Å². The number of carbonyl (C=O) groups is 1. The number of aryl methyl sites for hydroxylation is 1. The minimum atomic E-state index is -0.631. The second kappa shape index (κ2) is 6.04. The lowest BCUT2D eigenvalue weighted by molar-refractivity contribution is -0.142. The van der Waals surface area contributed by atoms with E-state index in [0.717, 1.165) is 36.4 Å². The molecule has 0 aromatic carbocycles. The molecule has 2 N–H and O–H groups in total. The molecule has 0 saturated heterocycles. The molecule has 20 heavy (non-hydrogen) atoms. The molecule has 1 aromatic heterocycles. The Balaban J connectivity index is 1.61. The number of nitrogens with one attached hydrogen (secondary N) is 1. The van der Waals surface area contributed by atoms with Crippen LogP contribution in [0.1, 0.15) is 55.0 Å². The summed E-state index contributed by atoms with van der Waals surface area (Å²) in [6.45, 7) is 0. The normalized spacial score (nSPS) is 29.9. The molecule has 3 nitrogen and oxygen atoms in total. The fourth-order valence-corrected chi connectivity index (χ4v) is 4.87. The van der Waals surface area contributed by atoms with Crippen molar-refractivity contribution in [1.29, 1.82) is 0 Å². The van der Waals surface area contributed by atoms with Gasteiger partial charge in [0.15, 0.2) is 0 Å². The average Bonchev–Trinajstić information content (AvgIpc) is 2.81. The van der Waals surface area contributed by atoms with Gasteiger partial charge in [-0.25, -0.2) is 0 Å². The SMILES string of the molecule is O=C(O)C1CCC(NC2CCCc3sc(Cl)cc32)CC1. The number of carboxylic acids is 1. The molecule has 1 unspecified atom stereocenters. The van der Waals surface area contributed by atoms with Crippen molar-refractivity contribution in [3.05, 3.63) is 20.8 Å².